The fraction of sp³-hybridized carbons (Fsp3) is 1.00. The molecule has 0 heterocycles. The minimum Gasteiger partial charge on any atom is -0.456 e. The molecule has 0 radical (unpaired) electrons. The van der Waals surface area contributed by atoms with Crippen LogP contribution in [-0.4, -0.2) is 33.3 Å². The number of hydrogen-bond donors (Lipinski definition) is 0. The molecule has 0 amide bonds. The zero-order valence-corrected chi connectivity index (χ0v) is 19.6. The van der Waals surface area contributed by atoms with Crippen molar-refractivity contribution < 1.29 is 8.23 Å². The van der Waals surface area contributed by atoms with E-state index in [0.29, 0.717) is 0 Å². The number of unbranched alkanes of at least 4 members (excludes halogenated alkanes) is 1. The summed E-state index contributed by atoms with van der Waals surface area (Å²) in [4.78, 5) is 0. The third-order valence-corrected chi connectivity index (χ3v) is 15.4. The Morgan fingerprint density at radius 2 is 0.500 bits per heavy atom. The molecule has 0 aromatic heterocycles. The summed E-state index contributed by atoms with van der Waals surface area (Å²) in [6.45, 7) is 23.4. The molecule has 0 saturated carbocycles. The lowest BCUT2D eigenvalue weighted by Crippen LogP contribution is -2.43. The van der Waals surface area contributed by atoms with Crippen LogP contribution >= 0.6 is 0 Å². The molecule has 32 heavy (non-hydrogen) atoms. The van der Waals surface area contributed by atoms with Crippen LogP contribution in [0.25, 0.3) is 0 Å². The predicted molar refractivity (Wildman–Crippen MR) is 183 cm³/mol. The van der Waals surface area contributed by atoms with Crippen molar-refractivity contribution in [3.05, 3.63) is 0 Å². The van der Waals surface area contributed by atoms with Crippen molar-refractivity contribution in [1.29, 1.82) is 0 Å². The van der Waals surface area contributed by atoms with E-state index in [4.69, 9.17) is 8.23 Å². The lowest BCUT2D eigenvalue weighted by Gasteiger charge is -2.33. The third-order valence-electron chi connectivity index (χ3n) is 2.97. The quantitative estimate of drug-likeness (QED) is 0.213. The van der Waals surface area contributed by atoms with Crippen molar-refractivity contribution in [2.24, 2.45) is 0 Å². The second kappa shape index (κ2) is 31.8. The van der Waals surface area contributed by atoms with Crippen molar-refractivity contribution in [1.82, 2.24) is 0 Å². The van der Waals surface area contributed by atoms with Gasteiger partial charge in [0.05, 0.1) is 0 Å². The Bertz CT molecular complexity index is 265. The van der Waals surface area contributed by atoms with Crippen LogP contribution in [0.5, 0.6) is 0 Å². The normalized spacial score (nSPS) is 9.19. The molecule has 0 aliphatic carbocycles. The van der Waals surface area contributed by atoms with E-state index < -0.39 is 33.3 Å². The second-order valence-corrected chi connectivity index (χ2v) is 27.3. The Labute approximate surface area is 220 Å². The third kappa shape index (κ3) is 57.5. The van der Waals surface area contributed by atoms with Gasteiger partial charge in [-0.1, -0.05) is 102 Å². The summed E-state index contributed by atoms with van der Waals surface area (Å²) in [6.07, 6.45) is 2.63. The van der Waals surface area contributed by atoms with E-state index >= 15 is 0 Å². The zero-order valence-electron chi connectivity index (χ0n) is 15.6. The van der Waals surface area contributed by atoms with E-state index in [1.807, 2.05) is 0 Å². The molecular formula is C26H86O2Si4. The summed E-state index contributed by atoms with van der Waals surface area (Å²) in [6, 6.07) is 2.60. The Morgan fingerprint density at radius 1 is 0.344 bits per heavy atom. The summed E-state index contributed by atoms with van der Waals surface area (Å²) in [5.74, 6) is 0. The molecule has 0 rings (SSSR count). The largest absolute Gasteiger partial charge is 0.456 e. The summed E-state index contributed by atoms with van der Waals surface area (Å²) in [5.41, 5.74) is 0. The van der Waals surface area contributed by atoms with Crippen LogP contribution in [0.2, 0.25) is 77.6 Å². The molecule has 0 bridgehead atoms. The van der Waals surface area contributed by atoms with Crippen molar-refractivity contribution >= 4 is 33.3 Å². The molecular weight excluding hydrogens is 457 g/mol. The van der Waals surface area contributed by atoms with Crippen LogP contribution in [-0.2, 0) is 8.23 Å². The number of rotatable bonds is 9. The van der Waals surface area contributed by atoms with Gasteiger partial charge >= 0.3 is 0 Å². The summed E-state index contributed by atoms with van der Waals surface area (Å²) in [7, 11) is -5.61. The first-order valence-electron chi connectivity index (χ1n) is 8.02. The van der Waals surface area contributed by atoms with Gasteiger partial charge in [-0.25, -0.2) is 0 Å². The average molecular weight is 543 g/mol. The molecule has 0 fully saturated rings. The van der Waals surface area contributed by atoms with Crippen molar-refractivity contribution in [2.45, 2.75) is 180 Å². The molecule has 2 nitrogen and oxygen atoms in total. The first-order valence-corrected chi connectivity index (χ1v) is 21.1. The molecule has 0 N–H and O–H groups in total. The van der Waals surface area contributed by atoms with Gasteiger partial charge in [0.25, 0.3) is 0 Å². The molecule has 6 heteroatoms. The van der Waals surface area contributed by atoms with Crippen LogP contribution in [0.15, 0.2) is 0 Å². The maximum atomic E-state index is 6.40. The fourth-order valence-electron chi connectivity index (χ4n) is 2.86. The van der Waals surface area contributed by atoms with E-state index in [-0.39, 0.29) is 89.1 Å². The first-order chi connectivity index (χ1) is 8.62. The molecule has 0 saturated heterocycles. The zero-order chi connectivity index (χ0) is 16.2. The Hall–Kier alpha value is 0.788. The summed E-state index contributed by atoms with van der Waals surface area (Å²) < 4.78 is 12.8. The smallest absolute Gasteiger partial charge is 0.173 e. The van der Waals surface area contributed by atoms with Crippen molar-refractivity contribution in [3.63, 3.8) is 0 Å². The summed E-state index contributed by atoms with van der Waals surface area (Å²) >= 11 is 0. The Balaban J connectivity index is -0.0000000273. The summed E-state index contributed by atoms with van der Waals surface area (Å²) in [5, 5.41) is 0. The fourth-order valence-corrected chi connectivity index (χ4v) is 19.1. The van der Waals surface area contributed by atoms with E-state index in [2.05, 4.69) is 65.5 Å². The van der Waals surface area contributed by atoms with E-state index in [0.717, 1.165) is 0 Å². The molecule has 0 atom stereocenters. The molecule has 0 aromatic rings. The topological polar surface area (TPSA) is 18.5 Å². The van der Waals surface area contributed by atoms with Gasteiger partial charge in [0.1, 0.15) is 0 Å². The minimum absolute atomic E-state index is 0. The van der Waals surface area contributed by atoms with Crippen LogP contribution in [0.1, 0.15) is 102 Å². The highest BCUT2D eigenvalue weighted by atomic mass is 28.4. The molecule has 0 unspecified atom stereocenters. The van der Waals surface area contributed by atoms with Crippen molar-refractivity contribution in [3.8, 4) is 0 Å². The van der Waals surface area contributed by atoms with Gasteiger partial charge in [-0.05, 0) is 77.6 Å². The highest BCUT2D eigenvalue weighted by Gasteiger charge is 2.31. The van der Waals surface area contributed by atoms with E-state index in [9.17, 15) is 0 Å². The molecule has 0 aromatic carbocycles. The SMILES string of the molecule is C.C.C.C.C.C.C.C.C.C.C.C.C[Si](C)(C)O[Si](C)(C)CCCC[Si](C)(C)O[Si](C)(C)C. The van der Waals surface area contributed by atoms with Gasteiger partial charge in [-0.15, -0.1) is 0 Å². The van der Waals surface area contributed by atoms with Gasteiger partial charge < -0.3 is 8.23 Å². The molecule has 0 aliphatic heterocycles. The molecule has 218 valence electrons. The van der Waals surface area contributed by atoms with Crippen LogP contribution < -0.4 is 0 Å². The van der Waals surface area contributed by atoms with Gasteiger partial charge in [0, 0.05) is 0 Å². The maximum absolute atomic E-state index is 6.40. The highest BCUT2D eigenvalue weighted by Crippen LogP contribution is 2.25. The van der Waals surface area contributed by atoms with Gasteiger partial charge in [0.2, 0.25) is 0 Å². The highest BCUT2D eigenvalue weighted by molar-refractivity contribution is 6.85. The lowest BCUT2D eigenvalue weighted by molar-refractivity contribution is 0.532. The lowest BCUT2D eigenvalue weighted by atomic mass is 10.4. The van der Waals surface area contributed by atoms with Crippen LogP contribution in [0, 0.1) is 0 Å². The first kappa shape index (κ1) is 84.6. The second-order valence-electron chi connectivity index (χ2n) is 9.16. The minimum atomic E-state index is -1.44. The molecule has 0 aliphatic rings. The average Bonchev–Trinajstić information content (AvgIpc) is 2.04. The Morgan fingerprint density at radius 3 is 0.625 bits per heavy atom. The number of hydrogen-bond acceptors (Lipinski definition) is 2. The predicted octanol–water partition coefficient (Wildman–Crippen LogP) is 13.5. The van der Waals surface area contributed by atoms with Crippen LogP contribution in [0.3, 0.4) is 0 Å². The standard InChI is InChI=1S/C14H38O2Si4.12CH4/c1-17(2,3)15-19(7,8)13-11-12-14-20(9,10)16-18(4,5)6;;;;;;;;;;;;/h11-14H2,1-10H3;12*1H4. The monoisotopic (exact) mass is 543 g/mol. The van der Waals surface area contributed by atoms with Crippen LogP contribution in [0.4, 0.5) is 0 Å². The van der Waals surface area contributed by atoms with Gasteiger partial charge in [-0.3, -0.25) is 0 Å². The van der Waals surface area contributed by atoms with E-state index in [1.54, 1.807) is 0 Å². The van der Waals surface area contributed by atoms with Crippen molar-refractivity contribution in [2.75, 3.05) is 0 Å². The van der Waals surface area contributed by atoms with E-state index in [1.165, 1.54) is 24.9 Å². The van der Waals surface area contributed by atoms with Gasteiger partial charge in [0.15, 0.2) is 33.3 Å². The maximum Gasteiger partial charge on any atom is 0.173 e. The molecule has 0 spiro atoms. The Kier molecular flexibility index (Phi) is 84.1. The van der Waals surface area contributed by atoms with Gasteiger partial charge in [-0.2, -0.15) is 0 Å².